The molecule has 0 heterocycles. The van der Waals surface area contributed by atoms with Crippen LogP contribution in [0, 0.1) is 0 Å². The second-order valence-electron chi connectivity index (χ2n) is 2.21. The number of ether oxygens (including phenoxy) is 1. The summed E-state index contributed by atoms with van der Waals surface area (Å²) in [5.74, 6) is -1.43. The van der Waals surface area contributed by atoms with Crippen molar-refractivity contribution in [2.45, 2.75) is 19.6 Å². The van der Waals surface area contributed by atoms with Gasteiger partial charge in [0.25, 0.3) is 0 Å². The topological polar surface area (TPSA) is 90.2 Å². The normalized spacial score (nSPS) is 15.6. The molecule has 0 aliphatic heterocycles. The van der Waals surface area contributed by atoms with E-state index in [9.17, 15) is 0 Å². The predicted molar refractivity (Wildman–Crippen MR) is 41.6 cm³/mol. The van der Waals surface area contributed by atoms with E-state index in [0.29, 0.717) is 6.42 Å². The third-order valence-corrected chi connectivity index (χ3v) is 1.16. The summed E-state index contributed by atoms with van der Waals surface area (Å²) in [6.07, 6.45) is -0.873. The van der Waals surface area contributed by atoms with Crippen LogP contribution in [-0.4, -0.2) is 39.9 Å². The zero-order chi connectivity index (χ0) is 9.56. The Morgan fingerprint density at radius 2 is 2.00 bits per heavy atom. The van der Waals surface area contributed by atoms with Crippen LogP contribution in [0.3, 0.4) is 0 Å². The van der Waals surface area contributed by atoms with E-state index in [1.54, 1.807) is 0 Å². The highest BCUT2D eigenvalue weighted by atomic mass is 16.6. The Hall–Kier alpha value is -0.780. The lowest BCUT2D eigenvalue weighted by atomic mass is 10.4. The summed E-state index contributed by atoms with van der Waals surface area (Å²) in [4.78, 5) is 0. The lowest BCUT2D eigenvalue weighted by Crippen LogP contribution is -2.18. The van der Waals surface area contributed by atoms with Crippen LogP contribution >= 0.6 is 0 Å². The molecule has 0 aromatic rings. The molecule has 12 heavy (non-hydrogen) atoms. The van der Waals surface area contributed by atoms with Crippen molar-refractivity contribution in [2.24, 2.45) is 0 Å². The Morgan fingerprint density at radius 1 is 1.42 bits per heavy atom. The standard InChI is InChI=1S/C7H14O5/c1-2-3-12-7(11)6(10)5(9)4-8/h7-11H,2-4H2,1H3/b6-5-. The molecule has 0 spiro atoms. The van der Waals surface area contributed by atoms with Crippen LogP contribution in [0.15, 0.2) is 11.5 Å². The highest BCUT2D eigenvalue weighted by Crippen LogP contribution is 2.04. The first kappa shape index (κ1) is 11.2. The van der Waals surface area contributed by atoms with Crippen LogP contribution < -0.4 is 0 Å². The zero-order valence-corrected chi connectivity index (χ0v) is 6.90. The fourth-order valence-corrected chi connectivity index (χ4v) is 0.532. The molecular weight excluding hydrogens is 164 g/mol. The summed E-state index contributed by atoms with van der Waals surface area (Å²) in [5, 5.41) is 34.9. The number of hydrogen-bond acceptors (Lipinski definition) is 5. The summed E-state index contributed by atoms with van der Waals surface area (Å²) in [6, 6.07) is 0. The van der Waals surface area contributed by atoms with Crippen molar-refractivity contribution in [1.29, 1.82) is 0 Å². The van der Waals surface area contributed by atoms with E-state index < -0.39 is 24.4 Å². The van der Waals surface area contributed by atoms with Gasteiger partial charge in [-0.05, 0) is 6.42 Å². The molecule has 0 amide bonds. The predicted octanol–water partition coefficient (Wildman–Crippen LogP) is 0.0513. The lowest BCUT2D eigenvalue weighted by Gasteiger charge is -2.11. The first-order chi connectivity index (χ1) is 5.63. The van der Waals surface area contributed by atoms with E-state index in [-0.39, 0.29) is 6.61 Å². The summed E-state index contributed by atoms with van der Waals surface area (Å²) < 4.78 is 4.65. The van der Waals surface area contributed by atoms with E-state index in [1.165, 1.54) is 0 Å². The highest BCUT2D eigenvalue weighted by molar-refractivity contribution is 5.00. The van der Waals surface area contributed by atoms with Gasteiger partial charge in [-0.3, -0.25) is 0 Å². The molecule has 0 bridgehead atoms. The summed E-state index contributed by atoms with van der Waals surface area (Å²) >= 11 is 0. The smallest absolute Gasteiger partial charge is 0.217 e. The first-order valence-corrected chi connectivity index (χ1v) is 3.65. The van der Waals surface area contributed by atoms with Crippen LogP contribution in [0.5, 0.6) is 0 Å². The van der Waals surface area contributed by atoms with Gasteiger partial charge in [-0.1, -0.05) is 6.92 Å². The molecule has 0 aliphatic carbocycles. The van der Waals surface area contributed by atoms with Gasteiger partial charge in [0.1, 0.15) is 6.61 Å². The molecule has 0 saturated carbocycles. The molecule has 0 radical (unpaired) electrons. The Kier molecular flexibility index (Phi) is 5.44. The molecule has 0 aliphatic rings. The number of aliphatic hydroxyl groups excluding tert-OH is 4. The minimum absolute atomic E-state index is 0.268. The minimum Gasteiger partial charge on any atom is -0.506 e. The van der Waals surface area contributed by atoms with Gasteiger partial charge >= 0.3 is 0 Å². The Morgan fingerprint density at radius 3 is 2.42 bits per heavy atom. The van der Waals surface area contributed by atoms with Crippen molar-refractivity contribution in [1.82, 2.24) is 0 Å². The summed E-state index contributed by atoms with van der Waals surface area (Å²) in [6.45, 7) is 1.38. The molecule has 1 unspecified atom stereocenters. The van der Waals surface area contributed by atoms with Crippen molar-refractivity contribution in [3.05, 3.63) is 11.5 Å². The van der Waals surface area contributed by atoms with Crippen molar-refractivity contribution < 1.29 is 25.2 Å². The third kappa shape index (κ3) is 3.56. The van der Waals surface area contributed by atoms with Gasteiger partial charge in [-0.25, -0.2) is 0 Å². The first-order valence-electron chi connectivity index (χ1n) is 3.65. The second kappa shape index (κ2) is 5.82. The highest BCUT2D eigenvalue weighted by Gasteiger charge is 2.13. The average molecular weight is 178 g/mol. The molecule has 0 rings (SSSR count). The maximum Gasteiger partial charge on any atom is 0.217 e. The largest absolute Gasteiger partial charge is 0.506 e. The van der Waals surface area contributed by atoms with Crippen molar-refractivity contribution in [3.63, 3.8) is 0 Å². The van der Waals surface area contributed by atoms with E-state index in [0.717, 1.165) is 0 Å². The second-order valence-corrected chi connectivity index (χ2v) is 2.21. The molecule has 1 atom stereocenters. The van der Waals surface area contributed by atoms with Gasteiger partial charge in [0.2, 0.25) is 6.29 Å². The van der Waals surface area contributed by atoms with Gasteiger partial charge in [0.15, 0.2) is 11.5 Å². The summed E-state index contributed by atoms with van der Waals surface area (Å²) in [5.41, 5.74) is 0. The Bertz CT molecular complexity index is 154. The van der Waals surface area contributed by atoms with Gasteiger partial charge < -0.3 is 25.2 Å². The quantitative estimate of drug-likeness (QED) is 0.353. The zero-order valence-electron chi connectivity index (χ0n) is 6.90. The van der Waals surface area contributed by atoms with Crippen LogP contribution in [0.25, 0.3) is 0 Å². The maximum atomic E-state index is 8.95. The molecule has 0 aromatic heterocycles. The number of hydrogen-bond donors (Lipinski definition) is 4. The molecular formula is C7H14O5. The van der Waals surface area contributed by atoms with Gasteiger partial charge in [-0.15, -0.1) is 0 Å². The average Bonchev–Trinajstić information content (AvgIpc) is 2.11. The van der Waals surface area contributed by atoms with E-state index >= 15 is 0 Å². The maximum absolute atomic E-state index is 8.95. The third-order valence-electron chi connectivity index (χ3n) is 1.16. The van der Waals surface area contributed by atoms with Crippen LogP contribution in [0.2, 0.25) is 0 Å². The molecule has 0 fully saturated rings. The SMILES string of the molecule is CCCOC(O)/C(O)=C(/O)CO. The van der Waals surface area contributed by atoms with Crippen LogP contribution in [-0.2, 0) is 4.74 Å². The van der Waals surface area contributed by atoms with Gasteiger partial charge in [0, 0.05) is 6.61 Å². The molecule has 5 heteroatoms. The van der Waals surface area contributed by atoms with Gasteiger partial charge in [-0.2, -0.15) is 0 Å². The fraction of sp³-hybridized carbons (Fsp3) is 0.714. The molecule has 5 nitrogen and oxygen atoms in total. The molecule has 0 saturated heterocycles. The van der Waals surface area contributed by atoms with Crippen molar-refractivity contribution in [2.75, 3.05) is 13.2 Å². The van der Waals surface area contributed by atoms with E-state index in [1.807, 2.05) is 6.92 Å². The number of aliphatic hydroxyl groups is 4. The lowest BCUT2D eigenvalue weighted by molar-refractivity contribution is -0.0973. The molecule has 0 aromatic carbocycles. The number of rotatable bonds is 5. The van der Waals surface area contributed by atoms with E-state index in [2.05, 4.69) is 4.74 Å². The van der Waals surface area contributed by atoms with Gasteiger partial charge in [0.05, 0.1) is 0 Å². The van der Waals surface area contributed by atoms with Crippen LogP contribution in [0.4, 0.5) is 0 Å². The monoisotopic (exact) mass is 178 g/mol. The minimum atomic E-state index is -1.56. The van der Waals surface area contributed by atoms with Crippen molar-refractivity contribution in [3.8, 4) is 0 Å². The Balaban J connectivity index is 3.99. The van der Waals surface area contributed by atoms with Crippen molar-refractivity contribution >= 4 is 0 Å². The summed E-state index contributed by atoms with van der Waals surface area (Å²) in [7, 11) is 0. The fourth-order valence-electron chi connectivity index (χ4n) is 0.532. The van der Waals surface area contributed by atoms with Crippen LogP contribution in [0.1, 0.15) is 13.3 Å². The molecule has 72 valence electrons. The van der Waals surface area contributed by atoms with E-state index in [4.69, 9.17) is 20.4 Å². The Labute approximate surface area is 70.5 Å². The molecule has 4 N–H and O–H groups in total.